The zero-order chi connectivity index (χ0) is 21.4. The summed E-state index contributed by atoms with van der Waals surface area (Å²) in [5, 5.41) is 1.01. The Balaban J connectivity index is 1.62. The van der Waals surface area contributed by atoms with Gasteiger partial charge in [-0.1, -0.05) is 31.0 Å². The Labute approximate surface area is 178 Å². The Morgan fingerprint density at radius 1 is 1.14 bits per heavy atom. The van der Waals surface area contributed by atoms with E-state index in [0.29, 0.717) is 5.92 Å². The predicted molar refractivity (Wildman–Crippen MR) is 115 cm³/mol. The fourth-order valence-electron chi connectivity index (χ4n) is 3.77. The highest BCUT2D eigenvalue weighted by molar-refractivity contribution is 8.06. The van der Waals surface area contributed by atoms with Crippen LogP contribution in [-0.2, 0) is 17.0 Å². The van der Waals surface area contributed by atoms with Crippen LogP contribution in [-0.4, -0.2) is 26.9 Å². The lowest BCUT2D eigenvalue weighted by Crippen LogP contribution is -2.43. The van der Waals surface area contributed by atoms with Crippen LogP contribution in [0.15, 0.2) is 52.3 Å². The molecule has 1 atom stereocenters. The monoisotopic (exact) mass is 443 g/mol. The predicted octanol–water partition coefficient (Wildman–Crippen LogP) is 6.43. The third-order valence-electron chi connectivity index (χ3n) is 5.97. The van der Waals surface area contributed by atoms with Crippen molar-refractivity contribution in [3.8, 4) is 0 Å². The molecular formula is C22H28F3NOS2. The quantitative estimate of drug-likeness (QED) is 0.484. The van der Waals surface area contributed by atoms with E-state index in [2.05, 4.69) is 18.1 Å². The third kappa shape index (κ3) is 5.29. The number of hydrogen-bond donors (Lipinski definition) is 0. The molecule has 1 aromatic rings. The van der Waals surface area contributed by atoms with E-state index >= 15 is 0 Å². The van der Waals surface area contributed by atoms with Crippen molar-refractivity contribution in [2.24, 2.45) is 11.8 Å². The minimum absolute atomic E-state index is 0.165. The van der Waals surface area contributed by atoms with Crippen molar-refractivity contribution in [2.75, 3.05) is 13.1 Å². The molecule has 0 aromatic heterocycles. The van der Waals surface area contributed by atoms with Gasteiger partial charge in [-0.15, -0.1) is 0 Å². The normalized spacial score (nSPS) is 19.8. The number of likely N-dealkylation sites (tertiary alicyclic amines) is 1. The molecule has 0 radical (unpaired) electrons. The van der Waals surface area contributed by atoms with Crippen LogP contribution >= 0.6 is 11.8 Å². The minimum atomic E-state index is -4.43. The topological polar surface area (TPSA) is 20.3 Å². The molecule has 7 heteroatoms. The van der Waals surface area contributed by atoms with Gasteiger partial charge in [0.15, 0.2) is 0 Å². The fraction of sp³-hybridized carbons (Fsp3) is 0.545. The van der Waals surface area contributed by atoms with Gasteiger partial charge in [-0.25, -0.2) is 0 Å². The highest BCUT2D eigenvalue weighted by Gasteiger charge is 2.39. The maximum atomic E-state index is 13.2. The first-order valence-corrected chi connectivity index (χ1v) is 11.9. The zero-order valence-corrected chi connectivity index (χ0v) is 18.6. The van der Waals surface area contributed by atoms with Crippen molar-refractivity contribution < 1.29 is 17.4 Å². The van der Waals surface area contributed by atoms with Crippen LogP contribution in [0, 0.1) is 11.8 Å². The van der Waals surface area contributed by atoms with Crippen LogP contribution in [0.4, 0.5) is 13.2 Å². The lowest BCUT2D eigenvalue weighted by atomic mass is 9.86. The minimum Gasteiger partial charge on any atom is -0.367 e. The van der Waals surface area contributed by atoms with Crippen molar-refractivity contribution in [3.63, 3.8) is 0 Å². The second-order valence-electron chi connectivity index (χ2n) is 8.40. The highest BCUT2D eigenvalue weighted by Crippen LogP contribution is 2.45. The molecule has 0 bridgehead atoms. The molecule has 1 saturated carbocycles. The van der Waals surface area contributed by atoms with Gasteiger partial charge >= 0.3 is 6.18 Å². The van der Waals surface area contributed by atoms with Gasteiger partial charge in [-0.2, -0.15) is 13.2 Å². The molecule has 2 fully saturated rings. The molecule has 0 N–H and O–H groups in total. The Kier molecular flexibility index (Phi) is 6.59. The summed E-state index contributed by atoms with van der Waals surface area (Å²) in [4.78, 5) is 3.67. The summed E-state index contributed by atoms with van der Waals surface area (Å²) in [6.45, 7) is 13.8. The smallest absolute Gasteiger partial charge is 0.367 e. The summed E-state index contributed by atoms with van der Waals surface area (Å²) >= 11 is 1.66. The van der Waals surface area contributed by atoms with Crippen molar-refractivity contribution in [1.29, 1.82) is 0 Å². The average Bonchev–Trinajstić information content (AvgIpc) is 3.52. The third-order valence-corrected chi connectivity index (χ3v) is 9.03. The van der Waals surface area contributed by atoms with Crippen LogP contribution in [0.3, 0.4) is 0 Å². The number of hydrogen-bond acceptors (Lipinski definition) is 3. The summed E-state index contributed by atoms with van der Waals surface area (Å²) in [6.07, 6.45) is -0.313. The van der Waals surface area contributed by atoms with Gasteiger partial charge in [0, 0.05) is 22.7 Å². The molecule has 1 aliphatic carbocycles. The molecule has 0 amide bonds. The van der Waals surface area contributed by atoms with Crippen LogP contribution in [0.5, 0.6) is 0 Å². The number of rotatable bonds is 7. The standard InChI is InChI=1S/C22H28F3NOS2/c1-15(17-8-9-17)28-16(2)26-12-10-18(11-13-26)21(3,4)29(27)20-7-5-6-19(14-20)22(23,24)25/h5-7,14,17-18H,1-2,8-13H2,3-4H3. The summed E-state index contributed by atoms with van der Waals surface area (Å²) in [7, 11) is -1.53. The first-order chi connectivity index (χ1) is 13.5. The SMILES string of the molecule is C=C(SC(=C)N1CCC(C(C)(C)S(=O)c2cccc(C(F)(F)F)c2)CC1)C1CC1. The molecule has 0 spiro atoms. The van der Waals surface area contributed by atoms with E-state index in [4.69, 9.17) is 0 Å². The average molecular weight is 444 g/mol. The Bertz CT molecular complexity index is 807. The molecule has 1 unspecified atom stereocenters. The second kappa shape index (κ2) is 8.50. The number of halogens is 3. The van der Waals surface area contributed by atoms with Gasteiger partial charge < -0.3 is 4.90 Å². The van der Waals surface area contributed by atoms with Gasteiger partial charge in [0.1, 0.15) is 0 Å². The van der Waals surface area contributed by atoms with Gasteiger partial charge in [-0.05, 0) is 74.5 Å². The largest absolute Gasteiger partial charge is 0.416 e. The number of alkyl halides is 3. The fourth-order valence-corrected chi connectivity index (χ4v) is 6.37. The van der Waals surface area contributed by atoms with Gasteiger partial charge in [-0.3, -0.25) is 4.21 Å². The molecule has 160 valence electrons. The zero-order valence-electron chi connectivity index (χ0n) is 16.9. The van der Waals surface area contributed by atoms with E-state index < -0.39 is 27.3 Å². The van der Waals surface area contributed by atoms with E-state index in [-0.39, 0.29) is 10.8 Å². The molecule has 3 rings (SSSR count). The number of allylic oxidation sites excluding steroid dienone is 1. The number of thioether (sulfide) groups is 1. The van der Waals surface area contributed by atoms with Gasteiger partial charge in [0.25, 0.3) is 0 Å². The Hall–Kier alpha value is -1.21. The van der Waals surface area contributed by atoms with E-state index in [1.165, 1.54) is 29.9 Å². The molecule has 1 heterocycles. The summed E-state index contributed by atoms with van der Waals surface area (Å²) in [6, 6.07) is 4.91. The Morgan fingerprint density at radius 2 is 1.76 bits per heavy atom. The summed E-state index contributed by atoms with van der Waals surface area (Å²) in [5.74, 6) is 0.793. The number of nitrogens with zero attached hydrogens (tertiary/aromatic N) is 1. The lowest BCUT2D eigenvalue weighted by Gasteiger charge is -2.41. The number of piperidine rings is 1. The van der Waals surface area contributed by atoms with Gasteiger partial charge in [0.05, 0.1) is 21.4 Å². The van der Waals surface area contributed by atoms with Crippen molar-refractivity contribution in [2.45, 2.75) is 55.3 Å². The van der Waals surface area contributed by atoms with E-state index in [1.54, 1.807) is 11.8 Å². The second-order valence-corrected chi connectivity index (χ2v) is 11.7. The lowest BCUT2D eigenvalue weighted by molar-refractivity contribution is -0.137. The molecule has 1 saturated heterocycles. The van der Waals surface area contributed by atoms with Crippen LogP contribution < -0.4 is 0 Å². The molecule has 2 nitrogen and oxygen atoms in total. The molecule has 1 aliphatic heterocycles. The van der Waals surface area contributed by atoms with E-state index in [1.807, 2.05) is 13.8 Å². The van der Waals surface area contributed by atoms with Crippen molar-refractivity contribution in [1.82, 2.24) is 4.90 Å². The molecule has 29 heavy (non-hydrogen) atoms. The van der Waals surface area contributed by atoms with Crippen molar-refractivity contribution >= 4 is 22.6 Å². The Morgan fingerprint density at radius 3 is 2.31 bits per heavy atom. The van der Waals surface area contributed by atoms with Crippen LogP contribution in [0.2, 0.25) is 0 Å². The first-order valence-electron chi connectivity index (χ1n) is 9.89. The van der Waals surface area contributed by atoms with Crippen LogP contribution in [0.25, 0.3) is 0 Å². The van der Waals surface area contributed by atoms with Crippen molar-refractivity contribution in [3.05, 3.63) is 52.9 Å². The maximum absolute atomic E-state index is 13.2. The highest BCUT2D eigenvalue weighted by atomic mass is 32.2. The summed E-state index contributed by atoms with van der Waals surface area (Å²) < 4.78 is 51.6. The summed E-state index contributed by atoms with van der Waals surface area (Å²) in [5.41, 5.74) is -0.752. The molecule has 2 aliphatic rings. The molecule has 1 aromatic carbocycles. The number of benzene rings is 1. The van der Waals surface area contributed by atoms with E-state index in [9.17, 15) is 17.4 Å². The first kappa shape index (κ1) is 22.5. The van der Waals surface area contributed by atoms with Crippen LogP contribution in [0.1, 0.15) is 45.1 Å². The van der Waals surface area contributed by atoms with E-state index in [0.717, 1.165) is 43.1 Å². The maximum Gasteiger partial charge on any atom is 0.416 e. The van der Waals surface area contributed by atoms with Gasteiger partial charge in [0.2, 0.25) is 0 Å². The molecular weight excluding hydrogens is 415 g/mol.